The highest BCUT2D eigenvalue weighted by atomic mass is 15.1. The minimum Gasteiger partial charge on any atom is -0.330 e. The van der Waals surface area contributed by atoms with Gasteiger partial charge in [-0.3, -0.25) is 5.10 Å². The summed E-state index contributed by atoms with van der Waals surface area (Å²) < 4.78 is 0. The Morgan fingerprint density at radius 1 is 1.38 bits per heavy atom. The SMILES string of the molecule is Cc1cccc(Cc2cn[nH]c2CCN)c1. The highest BCUT2D eigenvalue weighted by Crippen LogP contribution is 2.13. The zero-order chi connectivity index (χ0) is 11.4. The fraction of sp³-hybridized carbons (Fsp3) is 0.308. The third-order valence-electron chi connectivity index (χ3n) is 2.68. The van der Waals surface area contributed by atoms with E-state index in [0.29, 0.717) is 6.54 Å². The lowest BCUT2D eigenvalue weighted by Crippen LogP contribution is -2.05. The molecule has 2 rings (SSSR count). The third-order valence-corrected chi connectivity index (χ3v) is 2.68. The molecule has 0 spiro atoms. The van der Waals surface area contributed by atoms with E-state index in [1.54, 1.807) is 0 Å². The largest absolute Gasteiger partial charge is 0.330 e. The summed E-state index contributed by atoms with van der Waals surface area (Å²) in [6.07, 6.45) is 3.68. The standard InChI is InChI=1S/C13H17N3/c1-10-3-2-4-11(7-10)8-12-9-15-16-13(12)5-6-14/h2-4,7,9H,5-6,8,14H2,1H3,(H,15,16). The number of aromatic amines is 1. The molecule has 1 heterocycles. The summed E-state index contributed by atoms with van der Waals surface area (Å²) in [5.74, 6) is 0. The van der Waals surface area contributed by atoms with Gasteiger partial charge in [-0.2, -0.15) is 5.10 Å². The Labute approximate surface area is 95.7 Å². The van der Waals surface area contributed by atoms with Crippen LogP contribution in [0, 0.1) is 6.92 Å². The summed E-state index contributed by atoms with van der Waals surface area (Å²) in [4.78, 5) is 0. The quantitative estimate of drug-likeness (QED) is 0.817. The number of nitrogens with one attached hydrogen (secondary N) is 1. The molecule has 1 aromatic heterocycles. The first-order valence-corrected chi connectivity index (χ1v) is 5.56. The zero-order valence-corrected chi connectivity index (χ0v) is 9.53. The van der Waals surface area contributed by atoms with Crippen LogP contribution in [0.25, 0.3) is 0 Å². The first kappa shape index (κ1) is 10.9. The second-order valence-electron chi connectivity index (χ2n) is 4.08. The smallest absolute Gasteiger partial charge is 0.0525 e. The molecule has 0 amide bonds. The van der Waals surface area contributed by atoms with Crippen molar-refractivity contribution >= 4 is 0 Å². The molecule has 1 aromatic carbocycles. The molecule has 84 valence electrons. The van der Waals surface area contributed by atoms with E-state index < -0.39 is 0 Å². The summed E-state index contributed by atoms with van der Waals surface area (Å²) in [7, 11) is 0. The predicted octanol–water partition coefficient (Wildman–Crippen LogP) is 1.81. The number of rotatable bonds is 4. The molecule has 3 heteroatoms. The molecule has 16 heavy (non-hydrogen) atoms. The van der Waals surface area contributed by atoms with Gasteiger partial charge in [0.1, 0.15) is 0 Å². The average Bonchev–Trinajstić information content (AvgIpc) is 2.66. The van der Waals surface area contributed by atoms with Crippen LogP contribution in [0.4, 0.5) is 0 Å². The van der Waals surface area contributed by atoms with E-state index in [1.165, 1.54) is 16.7 Å². The Balaban J connectivity index is 2.17. The van der Waals surface area contributed by atoms with E-state index >= 15 is 0 Å². The summed E-state index contributed by atoms with van der Waals surface area (Å²) in [6, 6.07) is 8.55. The van der Waals surface area contributed by atoms with E-state index in [4.69, 9.17) is 5.73 Å². The number of nitrogens with zero attached hydrogens (tertiary/aromatic N) is 1. The van der Waals surface area contributed by atoms with Crippen molar-refractivity contribution in [2.45, 2.75) is 19.8 Å². The van der Waals surface area contributed by atoms with Crippen molar-refractivity contribution in [3.05, 3.63) is 52.8 Å². The number of benzene rings is 1. The highest BCUT2D eigenvalue weighted by Gasteiger charge is 2.05. The molecule has 0 aliphatic rings. The van der Waals surface area contributed by atoms with Gasteiger partial charge in [0.15, 0.2) is 0 Å². The summed E-state index contributed by atoms with van der Waals surface area (Å²) in [5.41, 5.74) is 10.6. The number of hydrogen-bond donors (Lipinski definition) is 2. The molecule has 0 saturated heterocycles. The maximum Gasteiger partial charge on any atom is 0.0525 e. The average molecular weight is 215 g/mol. The Morgan fingerprint density at radius 2 is 2.25 bits per heavy atom. The fourth-order valence-corrected chi connectivity index (χ4v) is 1.89. The molecule has 0 atom stereocenters. The van der Waals surface area contributed by atoms with Crippen LogP contribution in [0.3, 0.4) is 0 Å². The predicted molar refractivity (Wildman–Crippen MR) is 65.3 cm³/mol. The molecule has 3 N–H and O–H groups in total. The molecule has 0 saturated carbocycles. The van der Waals surface area contributed by atoms with Gasteiger partial charge in [-0.25, -0.2) is 0 Å². The summed E-state index contributed by atoms with van der Waals surface area (Å²) >= 11 is 0. The number of aryl methyl sites for hydroxylation is 1. The van der Waals surface area contributed by atoms with Crippen LogP contribution in [0.2, 0.25) is 0 Å². The van der Waals surface area contributed by atoms with E-state index in [9.17, 15) is 0 Å². The summed E-state index contributed by atoms with van der Waals surface area (Å²) in [5, 5.41) is 7.09. The van der Waals surface area contributed by atoms with Crippen LogP contribution in [-0.4, -0.2) is 16.7 Å². The lowest BCUT2D eigenvalue weighted by molar-refractivity contribution is 0.889. The Kier molecular flexibility index (Phi) is 3.37. The lowest BCUT2D eigenvalue weighted by Gasteiger charge is -2.03. The lowest BCUT2D eigenvalue weighted by atomic mass is 10.0. The van der Waals surface area contributed by atoms with Crippen molar-refractivity contribution in [2.24, 2.45) is 5.73 Å². The van der Waals surface area contributed by atoms with Gasteiger partial charge in [0.25, 0.3) is 0 Å². The first-order valence-electron chi connectivity index (χ1n) is 5.56. The van der Waals surface area contributed by atoms with Crippen LogP contribution >= 0.6 is 0 Å². The van der Waals surface area contributed by atoms with Crippen LogP contribution in [0.15, 0.2) is 30.5 Å². The minimum atomic E-state index is 0.656. The van der Waals surface area contributed by atoms with E-state index in [-0.39, 0.29) is 0 Å². The van der Waals surface area contributed by atoms with Gasteiger partial charge in [-0.05, 0) is 24.6 Å². The second-order valence-corrected chi connectivity index (χ2v) is 4.08. The summed E-state index contributed by atoms with van der Waals surface area (Å²) in [6.45, 7) is 2.77. The molecule has 0 bridgehead atoms. The Morgan fingerprint density at radius 3 is 3.00 bits per heavy atom. The number of H-pyrrole nitrogens is 1. The van der Waals surface area contributed by atoms with Gasteiger partial charge in [-0.15, -0.1) is 0 Å². The topological polar surface area (TPSA) is 54.7 Å². The van der Waals surface area contributed by atoms with Gasteiger partial charge in [0.05, 0.1) is 6.20 Å². The highest BCUT2D eigenvalue weighted by molar-refractivity contribution is 5.29. The van der Waals surface area contributed by atoms with E-state index in [2.05, 4.69) is 41.4 Å². The Hall–Kier alpha value is -1.61. The molecule has 2 aromatic rings. The van der Waals surface area contributed by atoms with Gasteiger partial charge in [0, 0.05) is 18.5 Å². The maximum atomic E-state index is 5.56. The fourth-order valence-electron chi connectivity index (χ4n) is 1.89. The normalized spacial score (nSPS) is 10.6. The van der Waals surface area contributed by atoms with Crippen molar-refractivity contribution < 1.29 is 0 Å². The van der Waals surface area contributed by atoms with Crippen molar-refractivity contribution in [3.63, 3.8) is 0 Å². The van der Waals surface area contributed by atoms with Crippen LogP contribution in [-0.2, 0) is 12.8 Å². The molecule has 0 unspecified atom stereocenters. The monoisotopic (exact) mass is 215 g/mol. The molecule has 0 aliphatic heterocycles. The molecular weight excluding hydrogens is 198 g/mol. The Bertz CT molecular complexity index is 460. The van der Waals surface area contributed by atoms with Gasteiger partial charge in [-0.1, -0.05) is 29.8 Å². The third kappa shape index (κ3) is 2.49. The minimum absolute atomic E-state index is 0.656. The van der Waals surface area contributed by atoms with Crippen LogP contribution < -0.4 is 5.73 Å². The molecule has 0 aliphatic carbocycles. The van der Waals surface area contributed by atoms with Gasteiger partial charge in [0.2, 0.25) is 0 Å². The zero-order valence-electron chi connectivity index (χ0n) is 9.53. The maximum absolute atomic E-state index is 5.56. The van der Waals surface area contributed by atoms with Crippen LogP contribution in [0.5, 0.6) is 0 Å². The molecular formula is C13H17N3. The van der Waals surface area contributed by atoms with Crippen molar-refractivity contribution in [2.75, 3.05) is 6.54 Å². The number of hydrogen-bond acceptors (Lipinski definition) is 2. The molecule has 0 fully saturated rings. The van der Waals surface area contributed by atoms with E-state index in [0.717, 1.165) is 18.5 Å². The van der Waals surface area contributed by atoms with Crippen molar-refractivity contribution in [1.82, 2.24) is 10.2 Å². The number of aromatic nitrogens is 2. The van der Waals surface area contributed by atoms with Crippen LogP contribution in [0.1, 0.15) is 22.4 Å². The van der Waals surface area contributed by atoms with Crippen molar-refractivity contribution in [3.8, 4) is 0 Å². The van der Waals surface area contributed by atoms with Gasteiger partial charge >= 0.3 is 0 Å². The molecule has 0 radical (unpaired) electrons. The van der Waals surface area contributed by atoms with Crippen molar-refractivity contribution in [1.29, 1.82) is 0 Å². The number of nitrogens with two attached hydrogens (primary N) is 1. The second kappa shape index (κ2) is 4.94. The van der Waals surface area contributed by atoms with E-state index in [1.807, 2.05) is 6.20 Å². The van der Waals surface area contributed by atoms with Gasteiger partial charge < -0.3 is 5.73 Å². The molecule has 3 nitrogen and oxygen atoms in total. The first-order chi connectivity index (χ1) is 7.79.